The zero-order valence-corrected chi connectivity index (χ0v) is 13.0. The van der Waals surface area contributed by atoms with E-state index >= 15 is 0 Å². The lowest BCUT2D eigenvalue weighted by molar-refractivity contribution is 0.584. The van der Waals surface area contributed by atoms with Crippen LogP contribution in [-0.2, 0) is 0 Å². The molecular formula is C18H9F2N5O. The molecule has 26 heavy (non-hydrogen) atoms. The van der Waals surface area contributed by atoms with Crippen molar-refractivity contribution in [3.8, 4) is 34.4 Å². The molecule has 2 heterocycles. The first-order valence-corrected chi connectivity index (χ1v) is 7.24. The Bertz CT molecular complexity index is 1150. The van der Waals surface area contributed by atoms with Crippen molar-refractivity contribution in [2.45, 2.75) is 0 Å². The van der Waals surface area contributed by atoms with E-state index in [2.05, 4.69) is 9.97 Å². The quantitative estimate of drug-likeness (QED) is 0.689. The van der Waals surface area contributed by atoms with Crippen molar-refractivity contribution in [2.75, 3.05) is 5.73 Å². The minimum absolute atomic E-state index is 0.141. The van der Waals surface area contributed by atoms with Gasteiger partial charge in [0.2, 0.25) is 5.95 Å². The SMILES string of the molecule is N#Cc1c(N)[nH]c(=O)c(C#N)c1-c1cc(-c2ccc(F)nc2)ccc1F. The van der Waals surface area contributed by atoms with Gasteiger partial charge in [0.05, 0.1) is 0 Å². The summed E-state index contributed by atoms with van der Waals surface area (Å²) in [5.41, 5.74) is 4.80. The molecule has 2 aromatic heterocycles. The summed E-state index contributed by atoms with van der Waals surface area (Å²) in [7, 11) is 0. The van der Waals surface area contributed by atoms with Crippen LogP contribution >= 0.6 is 0 Å². The molecule has 3 rings (SSSR count). The second-order valence-corrected chi connectivity index (χ2v) is 5.28. The first-order chi connectivity index (χ1) is 12.5. The molecule has 0 amide bonds. The first kappa shape index (κ1) is 16.8. The number of hydrogen-bond donors (Lipinski definition) is 2. The molecule has 0 aliphatic heterocycles. The molecule has 6 nitrogen and oxygen atoms in total. The summed E-state index contributed by atoms with van der Waals surface area (Å²) in [6, 6.07) is 9.95. The van der Waals surface area contributed by atoms with E-state index in [9.17, 15) is 24.1 Å². The van der Waals surface area contributed by atoms with Crippen LogP contribution in [-0.4, -0.2) is 9.97 Å². The number of halogens is 2. The smallest absolute Gasteiger partial charge is 0.268 e. The number of nitrogens with zero attached hydrogens (tertiary/aromatic N) is 3. The van der Waals surface area contributed by atoms with Gasteiger partial charge in [0.1, 0.15) is 34.9 Å². The Balaban J connectivity index is 2.34. The summed E-state index contributed by atoms with van der Waals surface area (Å²) in [4.78, 5) is 17.7. The molecule has 0 saturated heterocycles. The van der Waals surface area contributed by atoms with Crippen molar-refractivity contribution in [2.24, 2.45) is 0 Å². The number of nitrogens with two attached hydrogens (primary N) is 1. The first-order valence-electron chi connectivity index (χ1n) is 7.24. The largest absolute Gasteiger partial charge is 0.384 e. The lowest BCUT2D eigenvalue weighted by atomic mass is 9.93. The molecule has 0 unspecified atom stereocenters. The molecule has 8 heteroatoms. The van der Waals surface area contributed by atoms with Gasteiger partial charge in [-0.15, -0.1) is 0 Å². The monoisotopic (exact) mass is 349 g/mol. The van der Waals surface area contributed by atoms with Crippen LogP contribution in [0, 0.1) is 34.4 Å². The topological polar surface area (TPSA) is 119 Å². The maximum Gasteiger partial charge on any atom is 0.268 e. The van der Waals surface area contributed by atoms with Gasteiger partial charge in [0, 0.05) is 22.9 Å². The van der Waals surface area contributed by atoms with Crippen LogP contribution in [0.3, 0.4) is 0 Å². The second kappa shape index (κ2) is 6.46. The fraction of sp³-hybridized carbons (Fsp3) is 0. The Morgan fingerprint density at radius 2 is 1.73 bits per heavy atom. The molecule has 1 aromatic carbocycles. The third-order valence-electron chi connectivity index (χ3n) is 3.76. The van der Waals surface area contributed by atoms with Gasteiger partial charge in [-0.3, -0.25) is 4.79 Å². The highest BCUT2D eigenvalue weighted by atomic mass is 19.1. The summed E-state index contributed by atoms with van der Waals surface area (Å²) in [6.45, 7) is 0. The van der Waals surface area contributed by atoms with Crippen molar-refractivity contribution in [1.82, 2.24) is 9.97 Å². The number of aromatic amines is 1. The number of nitrogens with one attached hydrogen (secondary N) is 1. The summed E-state index contributed by atoms with van der Waals surface area (Å²) >= 11 is 0. The van der Waals surface area contributed by atoms with Crippen LogP contribution < -0.4 is 11.3 Å². The van der Waals surface area contributed by atoms with Crippen molar-refractivity contribution >= 4 is 5.82 Å². The van der Waals surface area contributed by atoms with Gasteiger partial charge in [0.25, 0.3) is 5.56 Å². The number of benzene rings is 1. The van der Waals surface area contributed by atoms with Crippen LogP contribution in [0.15, 0.2) is 41.3 Å². The van der Waals surface area contributed by atoms with Crippen molar-refractivity contribution < 1.29 is 8.78 Å². The van der Waals surface area contributed by atoms with Crippen molar-refractivity contribution in [3.63, 3.8) is 0 Å². The number of hydrogen-bond acceptors (Lipinski definition) is 5. The molecule has 0 bridgehead atoms. The highest BCUT2D eigenvalue weighted by Gasteiger charge is 2.21. The van der Waals surface area contributed by atoms with E-state index in [-0.39, 0.29) is 22.5 Å². The maximum absolute atomic E-state index is 14.5. The van der Waals surface area contributed by atoms with Gasteiger partial charge in [-0.05, 0) is 29.8 Å². The number of rotatable bonds is 2. The lowest BCUT2D eigenvalue weighted by Crippen LogP contribution is -2.16. The van der Waals surface area contributed by atoms with Gasteiger partial charge >= 0.3 is 0 Å². The summed E-state index contributed by atoms with van der Waals surface area (Å²) in [5, 5.41) is 18.6. The molecular weight excluding hydrogens is 340 g/mol. The van der Waals surface area contributed by atoms with E-state index in [1.807, 2.05) is 0 Å². The van der Waals surface area contributed by atoms with E-state index in [1.165, 1.54) is 24.4 Å². The minimum atomic E-state index is -0.827. The Morgan fingerprint density at radius 3 is 2.35 bits per heavy atom. The summed E-state index contributed by atoms with van der Waals surface area (Å²) in [5.74, 6) is -1.68. The molecule has 0 atom stereocenters. The van der Waals surface area contributed by atoms with E-state index in [1.54, 1.807) is 12.1 Å². The Labute approximate surface area is 145 Å². The molecule has 0 fully saturated rings. The highest BCUT2D eigenvalue weighted by Crippen LogP contribution is 2.33. The number of H-pyrrole nitrogens is 1. The Morgan fingerprint density at radius 1 is 1.04 bits per heavy atom. The molecule has 0 spiro atoms. The number of anilines is 1. The molecule has 0 aliphatic rings. The number of aromatic nitrogens is 2. The summed E-state index contributed by atoms with van der Waals surface area (Å²) in [6.07, 6.45) is 1.26. The number of pyridine rings is 2. The molecule has 0 saturated carbocycles. The minimum Gasteiger partial charge on any atom is -0.384 e. The van der Waals surface area contributed by atoms with E-state index in [4.69, 9.17) is 5.73 Å². The van der Waals surface area contributed by atoms with Crippen LogP contribution in [0.5, 0.6) is 0 Å². The highest BCUT2D eigenvalue weighted by molar-refractivity contribution is 5.83. The zero-order valence-electron chi connectivity index (χ0n) is 13.0. The van der Waals surface area contributed by atoms with E-state index < -0.39 is 22.9 Å². The average molecular weight is 349 g/mol. The van der Waals surface area contributed by atoms with Crippen LogP contribution in [0.25, 0.3) is 22.3 Å². The number of nitrogen functional groups attached to an aromatic ring is 1. The summed E-state index contributed by atoms with van der Waals surface area (Å²) < 4.78 is 27.5. The fourth-order valence-corrected chi connectivity index (χ4v) is 2.56. The zero-order chi connectivity index (χ0) is 18.8. The standard InChI is InChI=1S/C18H9F2N5O/c19-14-3-1-9(10-2-4-15(20)24-8-10)5-11(14)16-12(6-21)17(23)25-18(26)13(16)7-22/h1-5,8H,(H3,23,25,26). The molecule has 3 aromatic rings. The van der Waals surface area contributed by atoms with Gasteiger partial charge in [0.15, 0.2) is 0 Å². The van der Waals surface area contributed by atoms with Crippen LogP contribution in [0.4, 0.5) is 14.6 Å². The molecule has 0 aliphatic carbocycles. The van der Waals surface area contributed by atoms with E-state index in [0.29, 0.717) is 11.1 Å². The van der Waals surface area contributed by atoms with Gasteiger partial charge < -0.3 is 10.7 Å². The lowest BCUT2D eigenvalue weighted by Gasteiger charge is -2.11. The third-order valence-corrected chi connectivity index (χ3v) is 3.76. The average Bonchev–Trinajstić information content (AvgIpc) is 2.62. The molecule has 3 N–H and O–H groups in total. The van der Waals surface area contributed by atoms with E-state index in [0.717, 1.165) is 12.1 Å². The van der Waals surface area contributed by atoms with Crippen LogP contribution in [0.1, 0.15) is 11.1 Å². The number of nitriles is 2. The predicted molar refractivity (Wildman–Crippen MR) is 89.5 cm³/mol. The Hall–Kier alpha value is -4.04. The predicted octanol–water partition coefficient (Wildman–Crippen LogP) is 2.71. The second-order valence-electron chi connectivity index (χ2n) is 5.28. The van der Waals surface area contributed by atoms with Crippen molar-refractivity contribution in [1.29, 1.82) is 10.5 Å². The van der Waals surface area contributed by atoms with Gasteiger partial charge in [-0.25, -0.2) is 9.37 Å². The van der Waals surface area contributed by atoms with Gasteiger partial charge in [-0.2, -0.15) is 14.9 Å². The van der Waals surface area contributed by atoms with Gasteiger partial charge in [-0.1, -0.05) is 6.07 Å². The maximum atomic E-state index is 14.5. The van der Waals surface area contributed by atoms with Crippen molar-refractivity contribution in [3.05, 3.63) is 69.8 Å². The molecule has 126 valence electrons. The third kappa shape index (κ3) is 2.76. The fourth-order valence-electron chi connectivity index (χ4n) is 2.56. The Kier molecular flexibility index (Phi) is 4.17. The molecule has 0 radical (unpaired) electrons. The van der Waals surface area contributed by atoms with Crippen LogP contribution in [0.2, 0.25) is 0 Å². The normalized spacial score (nSPS) is 10.2.